The molecule has 5 nitrogen and oxygen atoms in total. The lowest BCUT2D eigenvalue weighted by Crippen LogP contribution is -2.44. The molecular weight excluding hydrogens is 262 g/mol. The highest BCUT2D eigenvalue weighted by molar-refractivity contribution is 7.99. The van der Waals surface area contributed by atoms with Gasteiger partial charge in [0.25, 0.3) is 5.91 Å². The molecule has 1 unspecified atom stereocenters. The number of hydrogen-bond donors (Lipinski definition) is 2. The molecule has 1 aromatic rings. The van der Waals surface area contributed by atoms with Gasteiger partial charge < -0.3 is 15.8 Å². The Balaban J connectivity index is 2.23. The van der Waals surface area contributed by atoms with Gasteiger partial charge in [0.2, 0.25) is 0 Å². The second-order valence-electron chi connectivity index (χ2n) is 4.49. The normalized spacial score (nSPS) is 20.4. The third kappa shape index (κ3) is 3.01. The predicted octanol–water partition coefficient (Wildman–Crippen LogP) is 1.36. The summed E-state index contributed by atoms with van der Waals surface area (Å²) in [4.78, 5) is 14.3. The Bertz CT molecular complexity index is 504. The summed E-state index contributed by atoms with van der Waals surface area (Å²) in [6.07, 6.45) is 0. The first kappa shape index (κ1) is 13.7. The maximum atomic E-state index is 12.4. The molecule has 1 saturated heterocycles. The van der Waals surface area contributed by atoms with Crippen LogP contribution in [0.3, 0.4) is 0 Å². The molecule has 0 saturated carbocycles. The molecule has 0 radical (unpaired) electrons. The van der Waals surface area contributed by atoms with E-state index in [9.17, 15) is 4.79 Å². The summed E-state index contributed by atoms with van der Waals surface area (Å²) in [5.41, 5.74) is 6.66. The summed E-state index contributed by atoms with van der Waals surface area (Å²) in [6.45, 7) is 2.82. The molecule has 0 aromatic heterocycles. The molecule has 1 atom stereocenters. The van der Waals surface area contributed by atoms with Gasteiger partial charge in [-0.05, 0) is 19.1 Å². The minimum Gasteiger partial charge on any atom is -0.409 e. The molecule has 6 heteroatoms. The number of amides is 1. The van der Waals surface area contributed by atoms with Crippen LogP contribution in [0.15, 0.2) is 29.4 Å². The summed E-state index contributed by atoms with van der Waals surface area (Å²) in [7, 11) is 0. The Kier molecular flexibility index (Phi) is 4.31. The number of oxime groups is 1. The molecule has 0 aliphatic carbocycles. The monoisotopic (exact) mass is 279 g/mol. The SMILES string of the molecule is CC1CSCCN1C(=O)c1cccc(C(N)=NO)c1. The predicted molar refractivity (Wildman–Crippen MR) is 76.8 cm³/mol. The molecule has 1 aliphatic rings. The van der Waals surface area contributed by atoms with Gasteiger partial charge in [-0.25, -0.2) is 0 Å². The van der Waals surface area contributed by atoms with E-state index in [-0.39, 0.29) is 17.8 Å². The number of thioether (sulfide) groups is 1. The molecule has 1 aliphatic heterocycles. The fourth-order valence-electron chi connectivity index (χ4n) is 2.06. The number of amidine groups is 1. The first-order valence-electron chi connectivity index (χ1n) is 6.10. The van der Waals surface area contributed by atoms with E-state index < -0.39 is 0 Å². The minimum atomic E-state index is 0.000361. The van der Waals surface area contributed by atoms with E-state index in [1.807, 2.05) is 16.7 Å². The van der Waals surface area contributed by atoms with Crippen LogP contribution >= 0.6 is 11.8 Å². The quantitative estimate of drug-likeness (QED) is 0.371. The van der Waals surface area contributed by atoms with Gasteiger partial charge in [-0.1, -0.05) is 17.3 Å². The highest BCUT2D eigenvalue weighted by Gasteiger charge is 2.24. The molecule has 0 spiro atoms. The lowest BCUT2D eigenvalue weighted by Gasteiger charge is -2.33. The van der Waals surface area contributed by atoms with Crippen LogP contribution in [-0.4, -0.2) is 45.9 Å². The van der Waals surface area contributed by atoms with Crippen LogP contribution in [0.2, 0.25) is 0 Å². The Labute approximate surface area is 116 Å². The van der Waals surface area contributed by atoms with Crippen molar-refractivity contribution in [2.45, 2.75) is 13.0 Å². The van der Waals surface area contributed by atoms with Gasteiger partial charge in [-0.2, -0.15) is 11.8 Å². The molecule has 2 rings (SSSR count). The molecule has 0 bridgehead atoms. The van der Waals surface area contributed by atoms with Crippen LogP contribution in [0.1, 0.15) is 22.8 Å². The minimum absolute atomic E-state index is 0.000361. The topological polar surface area (TPSA) is 78.9 Å². The number of carbonyl (C=O) groups is 1. The van der Waals surface area contributed by atoms with Crippen molar-refractivity contribution in [3.05, 3.63) is 35.4 Å². The van der Waals surface area contributed by atoms with Gasteiger partial charge in [0, 0.05) is 35.2 Å². The van der Waals surface area contributed by atoms with Gasteiger partial charge in [0.1, 0.15) is 0 Å². The molecule has 3 N–H and O–H groups in total. The molecule has 1 heterocycles. The molecule has 1 amide bonds. The third-order valence-corrected chi connectivity index (χ3v) is 4.33. The summed E-state index contributed by atoms with van der Waals surface area (Å²) in [5.74, 6) is 1.94. The van der Waals surface area contributed by atoms with E-state index in [1.165, 1.54) is 0 Å². The fraction of sp³-hybridized carbons (Fsp3) is 0.385. The molecule has 102 valence electrons. The van der Waals surface area contributed by atoms with Gasteiger partial charge >= 0.3 is 0 Å². The van der Waals surface area contributed by atoms with Gasteiger partial charge in [-0.3, -0.25) is 4.79 Å². The summed E-state index contributed by atoms with van der Waals surface area (Å²) >= 11 is 1.86. The number of nitrogens with zero attached hydrogens (tertiary/aromatic N) is 2. The van der Waals surface area contributed by atoms with Crippen LogP contribution in [-0.2, 0) is 0 Å². The van der Waals surface area contributed by atoms with Gasteiger partial charge in [0.15, 0.2) is 5.84 Å². The van der Waals surface area contributed by atoms with E-state index in [4.69, 9.17) is 10.9 Å². The number of rotatable bonds is 2. The Morgan fingerprint density at radius 1 is 1.53 bits per heavy atom. The molecule has 1 aromatic carbocycles. The third-order valence-electron chi connectivity index (χ3n) is 3.14. The van der Waals surface area contributed by atoms with Crippen molar-refractivity contribution in [2.75, 3.05) is 18.1 Å². The lowest BCUT2D eigenvalue weighted by atomic mass is 10.1. The van der Waals surface area contributed by atoms with Gasteiger partial charge in [0.05, 0.1) is 0 Å². The fourth-order valence-corrected chi connectivity index (χ4v) is 3.08. The maximum Gasteiger partial charge on any atom is 0.254 e. The molecule has 1 fully saturated rings. The Morgan fingerprint density at radius 2 is 2.26 bits per heavy atom. The largest absolute Gasteiger partial charge is 0.409 e. The zero-order valence-electron chi connectivity index (χ0n) is 10.7. The van der Waals surface area contributed by atoms with Crippen LogP contribution in [0.5, 0.6) is 0 Å². The zero-order valence-corrected chi connectivity index (χ0v) is 11.6. The van der Waals surface area contributed by atoms with E-state index in [1.54, 1.807) is 24.3 Å². The second-order valence-corrected chi connectivity index (χ2v) is 5.64. The van der Waals surface area contributed by atoms with Crippen molar-refractivity contribution in [2.24, 2.45) is 10.9 Å². The Morgan fingerprint density at radius 3 is 2.95 bits per heavy atom. The first-order chi connectivity index (χ1) is 9.13. The van der Waals surface area contributed by atoms with Crippen molar-refractivity contribution in [1.82, 2.24) is 4.90 Å². The standard InChI is InChI=1S/C13H17N3O2S/c1-9-8-19-6-5-16(9)13(17)11-4-2-3-10(7-11)12(14)15-18/h2-4,7,9,18H,5-6,8H2,1H3,(H2,14,15). The zero-order chi connectivity index (χ0) is 13.8. The van der Waals surface area contributed by atoms with Crippen molar-refractivity contribution in [1.29, 1.82) is 0 Å². The van der Waals surface area contributed by atoms with Crippen molar-refractivity contribution in [3.8, 4) is 0 Å². The van der Waals surface area contributed by atoms with Crippen molar-refractivity contribution < 1.29 is 10.0 Å². The van der Waals surface area contributed by atoms with E-state index >= 15 is 0 Å². The number of carbonyl (C=O) groups excluding carboxylic acids is 1. The Hall–Kier alpha value is -1.69. The maximum absolute atomic E-state index is 12.4. The van der Waals surface area contributed by atoms with E-state index in [0.717, 1.165) is 18.1 Å². The number of nitrogens with two attached hydrogens (primary N) is 1. The van der Waals surface area contributed by atoms with Crippen LogP contribution in [0, 0.1) is 0 Å². The van der Waals surface area contributed by atoms with Crippen LogP contribution in [0.25, 0.3) is 0 Å². The molecular formula is C13H17N3O2S. The second kappa shape index (κ2) is 5.97. The first-order valence-corrected chi connectivity index (χ1v) is 7.25. The summed E-state index contributed by atoms with van der Waals surface area (Å²) < 4.78 is 0. The average molecular weight is 279 g/mol. The highest BCUT2D eigenvalue weighted by Crippen LogP contribution is 2.19. The lowest BCUT2D eigenvalue weighted by molar-refractivity contribution is 0.0716. The number of benzene rings is 1. The smallest absolute Gasteiger partial charge is 0.254 e. The van der Waals surface area contributed by atoms with Crippen molar-refractivity contribution in [3.63, 3.8) is 0 Å². The van der Waals surface area contributed by atoms with Crippen LogP contribution < -0.4 is 5.73 Å². The summed E-state index contributed by atoms with van der Waals surface area (Å²) in [6, 6.07) is 7.10. The van der Waals surface area contributed by atoms with Gasteiger partial charge in [-0.15, -0.1) is 0 Å². The van der Waals surface area contributed by atoms with E-state index in [0.29, 0.717) is 11.1 Å². The summed E-state index contributed by atoms with van der Waals surface area (Å²) in [5, 5.41) is 11.6. The van der Waals surface area contributed by atoms with E-state index in [2.05, 4.69) is 12.1 Å². The average Bonchev–Trinajstić information content (AvgIpc) is 2.46. The van der Waals surface area contributed by atoms with Crippen molar-refractivity contribution >= 4 is 23.5 Å². The highest BCUT2D eigenvalue weighted by atomic mass is 32.2. The molecule has 19 heavy (non-hydrogen) atoms. The number of hydrogen-bond acceptors (Lipinski definition) is 4. The van der Waals surface area contributed by atoms with Crippen LogP contribution in [0.4, 0.5) is 0 Å².